The van der Waals surface area contributed by atoms with E-state index in [1.807, 2.05) is 0 Å². The molecule has 1 unspecified atom stereocenters. The maximum absolute atomic E-state index is 10.7. The zero-order chi connectivity index (χ0) is 8.88. The van der Waals surface area contributed by atoms with E-state index in [9.17, 15) is 4.79 Å². The largest absolute Gasteiger partial charge is 0.454 e. The van der Waals surface area contributed by atoms with Crippen LogP contribution in [0.1, 0.15) is 0 Å². The van der Waals surface area contributed by atoms with Gasteiger partial charge in [-0.1, -0.05) is 0 Å². The maximum atomic E-state index is 10.7. The lowest BCUT2D eigenvalue weighted by Gasteiger charge is -2.10. The Morgan fingerprint density at radius 1 is 1.17 bits per heavy atom. The number of carbonyl (C=O) groups is 1. The molecule has 12 heavy (non-hydrogen) atoms. The SMILES string of the molecule is O=C1OC2[C@@H](O[C@H](O)[C@H]2O)[C@@H]1O. The molecule has 0 amide bonds. The van der Waals surface area contributed by atoms with Gasteiger partial charge < -0.3 is 24.8 Å². The fraction of sp³-hybridized carbons (Fsp3) is 0.833. The number of fused-ring (bicyclic) bond motifs is 1. The quantitative estimate of drug-likeness (QED) is 0.349. The number of carbonyl (C=O) groups excluding carboxylic acids is 1. The first-order valence-electron chi connectivity index (χ1n) is 3.51. The van der Waals surface area contributed by atoms with Crippen LogP contribution in [-0.4, -0.2) is 52.0 Å². The van der Waals surface area contributed by atoms with Crippen LogP contribution in [0.2, 0.25) is 0 Å². The fourth-order valence-corrected chi connectivity index (χ4v) is 1.40. The Morgan fingerprint density at radius 2 is 1.83 bits per heavy atom. The summed E-state index contributed by atoms with van der Waals surface area (Å²) in [4.78, 5) is 10.7. The summed E-state index contributed by atoms with van der Waals surface area (Å²) in [6.45, 7) is 0. The number of aliphatic hydroxyl groups excluding tert-OH is 3. The molecule has 0 aromatic rings. The molecule has 6 nitrogen and oxygen atoms in total. The topological polar surface area (TPSA) is 96.2 Å². The monoisotopic (exact) mass is 176 g/mol. The van der Waals surface area contributed by atoms with Crippen LogP contribution >= 0.6 is 0 Å². The molecular weight excluding hydrogens is 168 g/mol. The van der Waals surface area contributed by atoms with Gasteiger partial charge in [-0.2, -0.15) is 0 Å². The zero-order valence-electron chi connectivity index (χ0n) is 5.95. The van der Waals surface area contributed by atoms with Crippen LogP contribution in [-0.2, 0) is 14.3 Å². The van der Waals surface area contributed by atoms with Crippen molar-refractivity contribution in [1.82, 2.24) is 0 Å². The molecule has 5 atom stereocenters. The van der Waals surface area contributed by atoms with Gasteiger partial charge in [-0.3, -0.25) is 0 Å². The van der Waals surface area contributed by atoms with E-state index >= 15 is 0 Å². The van der Waals surface area contributed by atoms with E-state index in [-0.39, 0.29) is 0 Å². The molecule has 0 aromatic carbocycles. The highest BCUT2D eigenvalue weighted by Gasteiger charge is 2.56. The molecule has 2 heterocycles. The Labute approximate surface area is 67.3 Å². The van der Waals surface area contributed by atoms with Gasteiger partial charge in [0.05, 0.1) is 0 Å². The molecule has 0 aliphatic carbocycles. The minimum Gasteiger partial charge on any atom is -0.454 e. The summed E-state index contributed by atoms with van der Waals surface area (Å²) < 4.78 is 9.25. The van der Waals surface area contributed by atoms with Crippen LogP contribution in [0, 0.1) is 0 Å². The third-order valence-corrected chi connectivity index (χ3v) is 2.05. The van der Waals surface area contributed by atoms with Crippen LogP contribution in [0.25, 0.3) is 0 Å². The molecule has 68 valence electrons. The Bertz CT molecular complexity index is 216. The van der Waals surface area contributed by atoms with Gasteiger partial charge in [0.1, 0.15) is 12.2 Å². The second kappa shape index (κ2) is 2.40. The van der Waals surface area contributed by atoms with E-state index < -0.39 is 36.7 Å². The molecule has 2 aliphatic rings. The average Bonchev–Trinajstić information content (AvgIpc) is 2.43. The van der Waals surface area contributed by atoms with Crippen molar-refractivity contribution in [3.8, 4) is 0 Å². The first-order chi connectivity index (χ1) is 5.61. The lowest BCUT2D eigenvalue weighted by molar-refractivity contribution is -0.168. The molecule has 0 aromatic heterocycles. The van der Waals surface area contributed by atoms with E-state index in [2.05, 4.69) is 9.47 Å². The lowest BCUT2D eigenvalue weighted by Crippen LogP contribution is -2.32. The summed E-state index contributed by atoms with van der Waals surface area (Å²) in [6, 6.07) is 0. The van der Waals surface area contributed by atoms with E-state index in [0.717, 1.165) is 0 Å². The van der Waals surface area contributed by atoms with Crippen molar-refractivity contribution in [3.05, 3.63) is 0 Å². The normalized spacial score (nSPS) is 52.2. The summed E-state index contributed by atoms with van der Waals surface area (Å²) in [5.41, 5.74) is 0. The smallest absolute Gasteiger partial charge is 0.338 e. The van der Waals surface area contributed by atoms with Gasteiger partial charge in [-0.25, -0.2) is 4.79 Å². The van der Waals surface area contributed by atoms with Crippen LogP contribution in [0.4, 0.5) is 0 Å². The van der Waals surface area contributed by atoms with Gasteiger partial charge in [0.2, 0.25) is 0 Å². The third kappa shape index (κ3) is 0.862. The van der Waals surface area contributed by atoms with Gasteiger partial charge in [-0.15, -0.1) is 0 Å². The summed E-state index contributed by atoms with van der Waals surface area (Å²) in [7, 11) is 0. The van der Waals surface area contributed by atoms with E-state index in [0.29, 0.717) is 0 Å². The summed E-state index contributed by atoms with van der Waals surface area (Å²) in [5.74, 6) is -0.823. The van der Waals surface area contributed by atoms with Crippen LogP contribution in [0.15, 0.2) is 0 Å². The van der Waals surface area contributed by atoms with Crippen LogP contribution in [0.3, 0.4) is 0 Å². The number of hydrogen-bond acceptors (Lipinski definition) is 6. The number of ether oxygens (including phenoxy) is 2. The van der Waals surface area contributed by atoms with Crippen LogP contribution < -0.4 is 0 Å². The van der Waals surface area contributed by atoms with Gasteiger partial charge in [-0.05, 0) is 0 Å². The van der Waals surface area contributed by atoms with Crippen LogP contribution in [0.5, 0.6) is 0 Å². The van der Waals surface area contributed by atoms with Gasteiger partial charge >= 0.3 is 5.97 Å². The van der Waals surface area contributed by atoms with Crippen molar-refractivity contribution in [1.29, 1.82) is 0 Å². The Hall–Kier alpha value is -0.690. The standard InChI is InChI=1S/C6H8O6/c7-1-3-4(12-5(1)9)2(8)6(10)11-3/h1-5,7-9H/t1-,2-,3?,4-,5-/m0/s1. The van der Waals surface area contributed by atoms with Crippen molar-refractivity contribution < 1.29 is 29.6 Å². The Kier molecular flexibility index (Phi) is 1.58. The Balaban J connectivity index is 2.19. The minimum absolute atomic E-state index is 0.823. The van der Waals surface area contributed by atoms with Crippen molar-refractivity contribution in [3.63, 3.8) is 0 Å². The summed E-state index contributed by atoms with van der Waals surface area (Å²) in [6.07, 6.45) is -5.94. The molecule has 6 heteroatoms. The molecule has 0 bridgehead atoms. The van der Waals surface area contributed by atoms with E-state index in [4.69, 9.17) is 15.3 Å². The predicted octanol–water partition coefficient (Wildman–Crippen LogP) is -2.65. The number of aliphatic hydroxyl groups is 3. The predicted molar refractivity (Wildman–Crippen MR) is 32.8 cm³/mol. The van der Waals surface area contributed by atoms with Gasteiger partial charge in [0.25, 0.3) is 0 Å². The molecule has 2 saturated heterocycles. The highest BCUT2D eigenvalue weighted by atomic mass is 16.7. The van der Waals surface area contributed by atoms with E-state index in [1.54, 1.807) is 0 Å². The maximum Gasteiger partial charge on any atom is 0.338 e. The molecule has 2 fully saturated rings. The number of rotatable bonds is 0. The molecule has 0 saturated carbocycles. The van der Waals surface area contributed by atoms with Gasteiger partial charge in [0.15, 0.2) is 18.5 Å². The first kappa shape index (κ1) is 7.93. The molecule has 0 radical (unpaired) electrons. The molecule has 2 aliphatic heterocycles. The molecular formula is C6H8O6. The summed E-state index contributed by atoms with van der Waals surface area (Å²) in [5, 5.41) is 27.2. The van der Waals surface area contributed by atoms with Gasteiger partial charge in [0, 0.05) is 0 Å². The lowest BCUT2D eigenvalue weighted by atomic mass is 10.1. The number of esters is 1. The molecule has 2 rings (SSSR count). The number of hydrogen-bond donors (Lipinski definition) is 3. The molecule has 3 N–H and O–H groups in total. The van der Waals surface area contributed by atoms with Crippen molar-refractivity contribution in [2.45, 2.75) is 30.7 Å². The summed E-state index contributed by atoms with van der Waals surface area (Å²) >= 11 is 0. The molecule has 0 spiro atoms. The highest BCUT2D eigenvalue weighted by Crippen LogP contribution is 2.30. The fourth-order valence-electron chi connectivity index (χ4n) is 1.40. The van der Waals surface area contributed by atoms with E-state index in [1.165, 1.54) is 0 Å². The first-order valence-corrected chi connectivity index (χ1v) is 3.51. The van der Waals surface area contributed by atoms with Crippen molar-refractivity contribution in [2.24, 2.45) is 0 Å². The highest BCUT2D eigenvalue weighted by molar-refractivity contribution is 5.78. The second-order valence-corrected chi connectivity index (χ2v) is 2.83. The third-order valence-electron chi connectivity index (χ3n) is 2.05. The van der Waals surface area contributed by atoms with Crippen molar-refractivity contribution >= 4 is 5.97 Å². The minimum atomic E-state index is -1.40. The Morgan fingerprint density at radius 3 is 2.42 bits per heavy atom. The zero-order valence-corrected chi connectivity index (χ0v) is 5.95. The average molecular weight is 176 g/mol. The second-order valence-electron chi connectivity index (χ2n) is 2.83. The van der Waals surface area contributed by atoms with Crippen molar-refractivity contribution in [2.75, 3.05) is 0 Å².